The van der Waals surface area contributed by atoms with Gasteiger partial charge in [-0.2, -0.15) is 0 Å². The van der Waals surface area contributed by atoms with E-state index < -0.39 is 96.0 Å². The molecule has 0 aromatic heterocycles. The van der Waals surface area contributed by atoms with Crippen LogP contribution < -0.4 is 4.74 Å². The van der Waals surface area contributed by atoms with E-state index in [0.29, 0.717) is 19.6 Å². The number of morpholine rings is 1. The topological polar surface area (TPSA) is 191 Å². The monoisotopic (exact) mass is 641 g/mol. The Balaban J connectivity index is 1.30. The predicted molar refractivity (Wildman–Crippen MR) is 154 cm³/mol. The van der Waals surface area contributed by atoms with Crippen molar-refractivity contribution in [1.29, 1.82) is 0 Å². The van der Waals surface area contributed by atoms with Crippen molar-refractivity contribution in [3.05, 3.63) is 51.6 Å². The smallest absolute Gasteiger partial charge is 0.202 e. The van der Waals surface area contributed by atoms with Gasteiger partial charge in [-0.1, -0.05) is 12.1 Å². The second-order valence-electron chi connectivity index (χ2n) is 12.3. The fourth-order valence-electron chi connectivity index (χ4n) is 7.69. The number of ether oxygens (including phenoxy) is 6. The lowest BCUT2D eigenvalue weighted by Gasteiger charge is -2.43. The van der Waals surface area contributed by atoms with Crippen LogP contribution in [0.3, 0.4) is 0 Å². The largest absolute Gasteiger partial charge is 0.507 e. The van der Waals surface area contributed by atoms with Gasteiger partial charge in [0.2, 0.25) is 5.78 Å². The van der Waals surface area contributed by atoms with Crippen LogP contribution in [0.2, 0.25) is 0 Å². The summed E-state index contributed by atoms with van der Waals surface area (Å²) in [6.45, 7) is 1.82. The highest BCUT2D eigenvalue weighted by Gasteiger charge is 2.55. The lowest BCUT2D eigenvalue weighted by Crippen LogP contribution is -2.55. The summed E-state index contributed by atoms with van der Waals surface area (Å²) in [6.07, 6.45) is -4.79. The standard InChI is InChI=1S/C32H35NO13/c1-13-29-16(33-7-8-43-31(42-3)30(33)46-29)9-20(44-13)45-18-11-32(40,19(35)12-34)10-15-22(18)28(39)24-23(26(15)37)25(36)14-5-4-6-17(41-2)21(14)27(24)38/h4-6,13,16,18,20,29-31,34,37,39-40H,7-12H2,1-3H3/t13-,16-,18?,20-,29+,30+,31-,32?/m0/s1. The van der Waals surface area contributed by atoms with Gasteiger partial charge in [-0.05, 0) is 13.0 Å². The van der Waals surface area contributed by atoms with Crippen molar-refractivity contribution in [3.8, 4) is 17.2 Å². The molecule has 0 amide bonds. The third-order valence-electron chi connectivity index (χ3n) is 9.84. The van der Waals surface area contributed by atoms with E-state index in [1.54, 1.807) is 0 Å². The van der Waals surface area contributed by atoms with E-state index in [2.05, 4.69) is 4.90 Å². The van der Waals surface area contributed by atoms with Crippen molar-refractivity contribution in [1.82, 2.24) is 4.90 Å². The number of methoxy groups -OCH3 is 2. The third kappa shape index (κ3) is 4.51. The summed E-state index contributed by atoms with van der Waals surface area (Å²) in [5.41, 5.74) is -3.43. The maximum Gasteiger partial charge on any atom is 0.202 e. The van der Waals surface area contributed by atoms with E-state index in [-0.39, 0.29) is 40.1 Å². The summed E-state index contributed by atoms with van der Waals surface area (Å²) in [5.74, 6) is -3.61. The van der Waals surface area contributed by atoms with Crippen LogP contribution in [-0.2, 0) is 34.9 Å². The van der Waals surface area contributed by atoms with Crippen LogP contribution in [0.15, 0.2) is 18.2 Å². The molecule has 246 valence electrons. The molecule has 14 heteroatoms. The van der Waals surface area contributed by atoms with Gasteiger partial charge in [0.25, 0.3) is 0 Å². The van der Waals surface area contributed by atoms with Crippen LogP contribution in [0.5, 0.6) is 17.2 Å². The summed E-state index contributed by atoms with van der Waals surface area (Å²) >= 11 is 0. The number of aliphatic hydroxyl groups excluding tert-OH is 1. The number of ketones is 3. The molecule has 7 rings (SSSR count). The number of phenols is 2. The van der Waals surface area contributed by atoms with E-state index >= 15 is 0 Å². The third-order valence-corrected chi connectivity index (χ3v) is 9.84. The molecule has 0 saturated carbocycles. The molecule has 0 bridgehead atoms. The number of fused-ring (bicyclic) bond motifs is 6. The Labute approximate surface area is 263 Å². The van der Waals surface area contributed by atoms with Gasteiger partial charge >= 0.3 is 0 Å². The van der Waals surface area contributed by atoms with E-state index in [0.717, 1.165) is 0 Å². The molecule has 3 saturated heterocycles. The van der Waals surface area contributed by atoms with Crippen molar-refractivity contribution in [2.24, 2.45) is 0 Å². The number of aromatic hydroxyl groups is 2. The molecule has 2 aromatic carbocycles. The maximum atomic E-state index is 13.9. The Bertz CT molecular complexity index is 1630. The zero-order chi connectivity index (χ0) is 32.7. The van der Waals surface area contributed by atoms with Crippen LogP contribution in [0.4, 0.5) is 0 Å². The van der Waals surface area contributed by atoms with Gasteiger partial charge in [0.15, 0.2) is 30.4 Å². The number of Topliss-reactive ketones (excluding diaryl/α,β-unsaturated/α-hetero) is 1. The zero-order valence-corrected chi connectivity index (χ0v) is 25.4. The number of hydrogen-bond donors (Lipinski definition) is 4. The van der Waals surface area contributed by atoms with E-state index in [9.17, 15) is 34.8 Å². The molecule has 4 N–H and O–H groups in total. The summed E-state index contributed by atoms with van der Waals surface area (Å²) in [6, 6.07) is 4.26. The Morgan fingerprint density at radius 2 is 1.85 bits per heavy atom. The molecule has 2 aliphatic carbocycles. The first-order chi connectivity index (χ1) is 22.0. The average Bonchev–Trinajstić information content (AvgIpc) is 3.43. The number of carbonyl (C=O) groups is 3. The number of aliphatic hydroxyl groups is 2. The minimum Gasteiger partial charge on any atom is -0.507 e. The predicted octanol–water partition coefficient (Wildman–Crippen LogP) is 0.711. The molecular formula is C32H35NO13. The minimum absolute atomic E-state index is 0.0353. The highest BCUT2D eigenvalue weighted by atomic mass is 16.7. The molecular weight excluding hydrogens is 606 g/mol. The second-order valence-corrected chi connectivity index (χ2v) is 12.3. The van der Waals surface area contributed by atoms with E-state index in [1.165, 1.54) is 32.4 Å². The molecule has 2 unspecified atom stereocenters. The Morgan fingerprint density at radius 1 is 1.09 bits per heavy atom. The highest BCUT2D eigenvalue weighted by molar-refractivity contribution is 6.31. The van der Waals surface area contributed by atoms with Gasteiger partial charge in [0, 0.05) is 55.6 Å². The molecule has 3 heterocycles. The SMILES string of the molecule is COc1cccc2c1C(=O)c1c(O)c3c(c(O)c1C2=O)CC(O)(C(=O)CO)CC3O[C@H]1C[C@H]2[C@H](O[C@@H]3[C@@H](OC)OCCN32)[C@H](C)O1. The lowest BCUT2D eigenvalue weighted by molar-refractivity contribution is -0.256. The molecule has 0 spiro atoms. The summed E-state index contributed by atoms with van der Waals surface area (Å²) in [5, 5.41) is 44.5. The van der Waals surface area contributed by atoms with Crippen LogP contribution in [0.25, 0.3) is 0 Å². The van der Waals surface area contributed by atoms with Gasteiger partial charge in [-0.3, -0.25) is 19.3 Å². The number of phenolic OH excluding ortho intramolecular Hbond substituents is 2. The van der Waals surface area contributed by atoms with E-state index in [1.807, 2.05) is 6.92 Å². The highest BCUT2D eigenvalue weighted by Crippen LogP contribution is 2.53. The Hall–Kier alpha value is -3.47. The fraction of sp³-hybridized carbons (Fsp3) is 0.531. The van der Waals surface area contributed by atoms with Crippen molar-refractivity contribution in [2.75, 3.05) is 34.0 Å². The first-order valence-corrected chi connectivity index (χ1v) is 15.1. The molecule has 2 aromatic rings. The second kappa shape index (κ2) is 11.3. The van der Waals surface area contributed by atoms with Crippen molar-refractivity contribution in [2.45, 2.75) is 74.9 Å². The fourth-order valence-corrected chi connectivity index (χ4v) is 7.69. The van der Waals surface area contributed by atoms with Crippen LogP contribution >= 0.6 is 0 Å². The van der Waals surface area contributed by atoms with Gasteiger partial charge in [0.1, 0.15) is 35.6 Å². The minimum atomic E-state index is -2.23. The Morgan fingerprint density at radius 3 is 2.57 bits per heavy atom. The number of benzene rings is 2. The number of rotatable bonds is 6. The summed E-state index contributed by atoms with van der Waals surface area (Å²) in [4.78, 5) is 42.6. The molecule has 0 radical (unpaired) electrons. The first kappa shape index (κ1) is 31.1. The van der Waals surface area contributed by atoms with Crippen LogP contribution in [0.1, 0.15) is 68.8 Å². The molecule has 5 aliphatic rings. The quantitative estimate of drug-likeness (QED) is 0.275. The molecule has 3 fully saturated rings. The maximum absolute atomic E-state index is 13.9. The summed E-state index contributed by atoms with van der Waals surface area (Å²) < 4.78 is 35.3. The van der Waals surface area contributed by atoms with Crippen molar-refractivity contribution < 1.29 is 63.2 Å². The van der Waals surface area contributed by atoms with Gasteiger partial charge in [0.05, 0.1) is 42.6 Å². The average molecular weight is 642 g/mol. The summed E-state index contributed by atoms with van der Waals surface area (Å²) in [7, 11) is 2.88. The molecule has 46 heavy (non-hydrogen) atoms. The molecule has 14 nitrogen and oxygen atoms in total. The van der Waals surface area contributed by atoms with Gasteiger partial charge in [-0.15, -0.1) is 0 Å². The zero-order valence-electron chi connectivity index (χ0n) is 25.4. The van der Waals surface area contributed by atoms with Crippen LogP contribution in [-0.4, -0.2) is 119 Å². The van der Waals surface area contributed by atoms with E-state index in [4.69, 9.17) is 28.4 Å². The molecule has 8 atom stereocenters. The normalized spacial score (nSPS) is 33.5. The first-order valence-electron chi connectivity index (χ1n) is 15.1. The Kier molecular flexibility index (Phi) is 7.68. The number of nitrogens with zero attached hydrogens (tertiary/aromatic N) is 1. The lowest BCUT2D eigenvalue weighted by atomic mass is 9.72. The van der Waals surface area contributed by atoms with Crippen molar-refractivity contribution >= 4 is 17.3 Å². The molecule has 3 aliphatic heterocycles. The van der Waals surface area contributed by atoms with Crippen molar-refractivity contribution in [3.63, 3.8) is 0 Å². The van der Waals surface area contributed by atoms with Gasteiger partial charge < -0.3 is 48.8 Å². The number of hydrogen-bond acceptors (Lipinski definition) is 14. The van der Waals surface area contributed by atoms with Crippen LogP contribution in [0, 0.1) is 0 Å². The number of carbonyl (C=O) groups excluding carboxylic acids is 3. The van der Waals surface area contributed by atoms with Gasteiger partial charge in [-0.25, -0.2) is 0 Å².